The number of morpholine rings is 1. The minimum atomic E-state index is -0.165. The van der Waals surface area contributed by atoms with E-state index in [2.05, 4.69) is 15.5 Å². The van der Waals surface area contributed by atoms with Crippen molar-refractivity contribution in [1.82, 2.24) is 15.5 Å². The van der Waals surface area contributed by atoms with Crippen LogP contribution in [0.4, 0.5) is 4.79 Å². The highest BCUT2D eigenvalue weighted by Gasteiger charge is 2.32. The summed E-state index contributed by atoms with van der Waals surface area (Å²) in [5.41, 5.74) is 1.02. The average Bonchev–Trinajstić information content (AvgIpc) is 3.08. The van der Waals surface area contributed by atoms with Gasteiger partial charge in [0.15, 0.2) is 0 Å². The minimum Gasteiger partial charge on any atom is -0.494 e. The van der Waals surface area contributed by atoms with Gasteiger partial charge in [-0.25, -0.2) is 4.79 Å². The molecule has 0 radical (unpaired) electrons. The second-order valence-corrected chi connectivity index (χ2v) is 6.83. The predicted molar refractivity (Wildman–Crippen MR) is 96.9 cm³/mol. The standard InChI is InChI=1S/C19H29N3O3/c1-3-24-17-8-4-6-15(10-17)14(2)21-19(23)20-11-18-12-22-9-5-7-16(22)13-25-18/h4,6,8,10,14,16,18H,3,5,7,9,11-13H2,1-2H3,(H2,20,21,23)/t14-,16+,18+/m0/s1. The molecule has 138 valence electrons. The Morgan fingerprint density at radius 1 is 1.48 bits per heavy atom. The fraction of sp³-hybridized carbons (Fsp3) is 0.632. The van der Waals surface area contributed by atoms with Gasteiger partial charge < -0.3 is 20.1 Å². The Kier molecular flexibility index (Phi) is 6.15. The van der Waals surface area contributed by atoms with Gasteiger partial charge in [-0.3, -0.25) is 4.90 Å². The zero-order valence-corrected chi connectivity index (χ0v) is 15.2. The Morgan fingerprint density at radius 3 is 3.20 bits per heavy atom. The number of amides is 2. The van der Waals surface area contributed by atoms with Crippen LogP contribution in [0.3, 0.4) is 0 Å². The van der Waals surface area contributed by atoms with Crippen LogP contribution in [0.25, 0.3) is 0 Å². The summed E-state index contributed by atoms with van der Waals surface area (Å²) in [6, 6.07) is 8.15. The normalized spacial score (nSPS) is 24.4. The van der Waals surface area contributed by atoms with Crippen LogP contribution < -0.4 is 15.4 Å². The Hall–Kier alpha value is -1.79. The molecule has 6 heteroatoms. The molecule has 1 aromatic carbocycles. The first kappa shape index (κ1) is 18.0. The van der Waals surface area contributed by atoms with E-state index < -0.39 is 0 Å². The predicted octanol–water partition coefficient (Wildman–Crippen LogP) is 2.31. The third kappa shape index (κ3) is 4.86. The Morgan fingerprint density at radius 2 is 2.36 bits per heavy atom. The summed E-state index contributed by atoms with van der Waals surface area (Å²) >= 11 is 0. The van der Waals surface area contributed by atoms with Crippen molar-refractivity contribution in [3.8, 4) is 5.75 Å². The summed E-state index contributed by atoms with van der Waals surface area (Å²) in [5.74, 6) is 0.824. The molecule has 0 bridgehead atoms. The van der Waals surface area contributed by atoms with Crippen molar-refractivity contribution in [2.45, 2.75) is 44.9 Å². The lowest BCUT2D eigenvalue weighted by atomic mass is 10.1. The van der Waals surface area contributed by atoms with E-state index in [1.807, 2.05) is 38.1 Å². The lowest BCUT2D eigenvalue weighted by Crippen LogP contribution is -2.51. The van der Waals surface area contributed by atoms with Gasteiger partial charge in [0.25, 0.3) is 0 Å². The number of ether oxygens (including phenoxy) is 2. The summed E-state index contributed by atoms with van der Waals surface area (Å²) < 4.78 is 11.4. The first-order chi connectivity index (χ1) is 12.2. The highest BCUT2D eigenvalue weighted by molar-refractivity contribution is 5.74. The summed E-state index contributed by atoms with van der Waals surface area (Å²) in [7, 11) is 0. The van der Waals surface area contributed by atoms with E-state index in [-0.39, 0.29) is 18.2 Å². The third-order valence-corrected chi connectivity index (χ3v) is 4.97. The third-order valence-electron chi connectivity index (χ3n) is 4.97. The molecule has 0 spiro atoms. The quantitative estimate of drug-likeness (QED) is 0.829. The maximum Gasteiger partial charge on any atom is 0.315 e. The Bertz CT molecular complexity index is 581. The monoisotopic (exact) mass is 347 g/mol. The van der Waals surface area contributed by atoms with Crippen LogP contribution in [0.1, 0.15) is 38.3 Å². The molecule has 0 unspecified atom stereocenters. The molecule has 3 atom stereocenters. The van der Waals surface area contributed by atoms with E-state index in [1.165, 1.54) is 12.8 Å². The number of hydrogen-bond donors (Lipinski definition) is 2. The lowest BCUT2D eigenvalue weighted by Gasteiger charge is -2.35. The van der Waals surface area contributed by atoms with E-state index in [9.17, 15) is 4.79 Å². The molecular formula is C19H29N3O3. The molecule has 2 aliphatic rings. The lowest BCUT2D eigenvalue weighted by molar-refractivity contribution is -0.0458. The topological polar surface area (TPSA) is 62.8 Å². The van der Waals surface area contributed by atoms with Gasteiger partial charge in [0.2, 0.25) is 0 Å². The van der Waals surface area contributed by atoms with Crippen LogP contribution in [0, 0.1) is 0 Å². The van der Waals surface area contributed by atoms with Crippen LogP contribution in [0.2, 0.25) is 0 Å². The molecule has 1 aromatic rings. The number of rotatable bonds is 6. The summed E-state index contributed by atoms with van der Waals surface area (Å²) in [4.78, 5) is 14.7. The number of hydrogen-bond acceptors (Lipinski definition) is 4. The first-order valence-electron chi connectivity index (χ1n) is 9.28. The molecule has 2 saturated heterocycles. The van der Waals surface area contributed by atoms with E-state index in [0.29, 0.717) is 19.2 Å². The first-order valence-corrected chi connectivity index (χ1v) is 9.28. The van der Waals surface area contributed by atoms with Crippen LogP contribution in [-0.4, -0.2) is 55.9 Å². The van der Waals surface area contributed by atoms with E-state index >= 15 is 0 Å². The number of carbonyl (C=O) groups excluding carboxylic acids is 1. The van der Waals surface area contributed by atoms with Crippen molar-refractivity contribution in [3.05, 3.63) is 29.8 Å². The summed E-state index contributed by atoms with van der Waals surface area (Å²) in [6.07, 6.45) is 2.57. The fourth-order valence-electron chi connectivity index (χ4n) is 3.59. The number of urea groups is 1. The fourth-order valence-corrected chi connectivity index (χ4v) is 3.59. The highest BCUT2D eigenvalue weighted by Crippen LogP contribution is 2.22. The Balaban J connectivity index is 1.43. The second kappa shape index (κ2) is 8.54. The van der Waals surface area contributed by atoms with Crippen LogP contribution in [0.15, 0.2) is 24.3 Å². The zero-order valence-electron chi connectivity index (χ0n) is 15.2. The zero-order chi connectivity index (χ0) is 17.6. The molecule has 2 heterocycles. The number of benzene rings is 1. The van der Waals surface area contributed by atoms with E-state index in [4.69, 9.17) is 9.47 Å². The van der Waals surface area contributed by atoms with E-state index in [1.54, 1.807) is 0 Å². The van der Waals surface area contributed by atoms with Crippen molar-refractivity contribution >= 4 is 6.03 Å². The molecular weight excluding hydrogens is 318 g/mol. The van der Waals surface area contributed by atoms with Crippen molar-refractivity contribution in [2.75, 3.05) is 32.8 Å². The van der Waals surface area contributed by atoms with Crippen molar-refractivity contribution in [1.29, 1.82) is 0 Å². The SMILES string of the molecule is CCOc1cccc([C@H](C)NC(=O)NC[C@@H]2CN3CCC[C@@H]3CO2)c1. The maximum atomic E-state index is 12.2. The summed E-state index contributed by atoms with van der Waals surface area (Å²) in [5, 5.41) is 5.92. The number of nitrogens with one attached hydrogen (secondary N) is 2. The molecule has 2 fully saturated rings. The van der Waals surface area contributed by atoms with Gasteiger partial charge in [0.05, 0.1) is 25.4 Å². The maximum absolute atomic E-state index is 12.2. The molecule has 0 aliphatic carbocycles. The molecule has 25 heavy (non-hydrogen) atoms. The average molecular weight is 347 g/mol. The number of fused-ring (bicyclic) bond motifs is 1. The van der Waals surface area contributed by atoms with Crippen molar-refractivity contribution in [3.63, 3.8) is 0 Å². The molecule has 2 aliphatic heterocycles. The smallest absolute Gasteiger partial charge is 0.315 e. The van der Waals surface area contributed by atoms with Gasteiger partial charge in [0.1, 0.15) is 5.75 Å². The largest absolute Gasteiger partial charge is 0.494 e. The van der Waals surface area contributed by atoms with Crippen LogP contribution >= 0.6 is 0 Å². The highest BCUT2D eigenvalue weighted by atomic mass is 16.5. The molecule has 0 saturated carbocycles. The molecule has 2 N–H and O–H groups in total. The van der Waals surface area contributed by atoms with Crippen LogP contribution in [-0.2, 0) is 4.74 Å². The molecule has 2 amide bonds. The Labute approximate surface area is 149 Å². The van der Waals surface area contributed by atoms with Gasteiger partial charge in [-0.15, -0.1) is 0 Å². The van der Waals surface area contributed by atoms with Gasteiger partial charge in [-0.05, 0) is 50.9 Å². The van der Waals surface area contributed by atoms with Gasteiger partial charge in [-0.2, -0.15) is 0 Å². The number of nitrogens with zero attached hydrogens (tertiary/aromatic N) is 1. The molecule has 0 aromatic heterocycles. The number of carbonyl (C=O) groups is 1. The van der Waals surface area contributed by atoms with Gasteiger partial charge in [-0.1, -0.05) is 12.1 Å². The molecule has 3 rings (SSSR count). The van der Waals surface area contributed by atoms with Crippen LogP contribution in [0.5, 0.6) is 5.75 Å². The van der Waals surface area contributed by atoms with Gasteiger partial charge in [0, 0.05) is 19.1 Å². The van der Waals surface area contributed by atoms with E-state index in [0.717, 1.165) is 31.0 Å². The molecule has 6 nitrogen and oxygen atoms in total. The minimum absolute atomic E-state index is 0.0803. The van der Waals surface area contributed by atoms with Gasteiger partial charge >= 0.3 is 6.03 Å². The second-order valence-electron chi connectivity index (χ2n) is 6.83. The van der Waals surface area contributed by atoms with Crippen molar-refractivity contribution < 1.29 is 14.3 Å². The summed E-state index contributed by atoms with van der Waals surface area (Å²) in [6.45, 7) is 7.96. The van der Waals surface area contributed by atoms with Crippen molar-refractivity contribution in [2.24, 2.45) is 0 Å².